The van der Waals surface area contributed by atoms with Crippen molar-refractivity contribution >= 4 is 50.7 Å². The minimum absolute atomic E-state index is 0.223. The number of carbonyl (C=O) groups is 1. The molecular formula is C11H12BrCl2NO2. The lowest BCUT2D eigenvalue weighted by Gasteiger charge is -2.10. The number of rotatable bonds is 4. The molecule has 94 valence electrons. The second-order valence-electron chi connectivity index (χ2n) is 3.68. The Balaban J connectivity index is 2.72. The Labute approximate surface area is 118 Å². The zero-order valence-electron chi connectivity index (χ0n) is 9.14. The van der Waals surface area contributed by atoms with E-state index in [9.17, 15) is 4.79 Å². The van der Waals surface area contributed by atoms with Crippen molar-refractivity contribution in [1.29, 1.82) is 0 Å². The summed E-state index contributed by atoms with van der Waals surface area (Å²) in [7, 11) is 0. The van der Waals surface area contributed by atoms with Gasteiger partial charge in [0.15, 0.2) is 0 Å². The first kappa shape index (κ1) is 14.8. The molecule has 1 unspecified atom stereocenters. The fourth-order valence-electron chi connectivity index (χ4n) is 1.20. The van der Waals surface area contributed by atoms with Gasteiger partial charge in [0, 0.05) is 10.9 Å². The molecule has 0 heterocycles. The van der Waals surface area contributed by atoms with Gasteiger partial charge >= 0.3 is 0 Å². The molecule has 0 aliphatic rings. The fraction of sp³-hybridized carbons (Fsp3) is 0.364. The molecule has 1 aromatic rings. The van der Waals surface area contributed by atoms with Crippen LogP contribution in [0.1, 0.15) is 19.8 Å². The number of halogens is 3. The standard InChI is InChI=1S/C11H12BrCl2NO2/c1-6(16)2-3-10(17)15-11-8(13)4-7(12)5-9(11)14/h4-6,16H,2-3H2,1H3,(H,15,17). The number of hydrogen-bond acceptors (Lipinski definition) is 2. The maximum Gasteiger partial charge on any atom is 0.224 e. The van der Waals surface area contributed by atoms with Crippen LogP contribution in [-0.4, -0.2) is 17.1 Å². The van der Waals surface area contributed by atoms with Gasteiger partial charge in [0.1, 0.15) is 0 Å². The van der Waals surface area contributed by atoms with Gasteiger partial charge in [-0.15, -0.1) is 0 Å². The molecule has 6 heteroatoms. The number of benzene rings is 1. The van der Waals surface area contributed by atoms with E-state index < -0.39 is 6.10 Å². The average molecular weight is 341 g/mol. The summed E-state index contributed by atoms with van der Waals surface area (Å²) in [5, 5.41) is 12.4. The summed E-state index contributed by atoms with van der Waals surface area (Å²) in [6.45, 7) is 1.63. The molecule has 0 saturated carbocycles. The minimum Gasteiger partial charge on any atom is -0.393 e. The first-order chi connectivity index (χ1) is 7.90. The molecule has 1 amide bonds. The number of amides is 1. The number of hydrogen-bond donors (Lipinski definition) is 2. The molecular weight excluding hydrogens is 329 g/mol. The summed E-state index contributed by atoms with van der Waals surface area (Å²) in [5.41, 5.74) is 0.395. The van der Waals surface area contributed by atoms with E-state index in [1.165, 1.54) is 0 Å². The van der Waals surface area contributed by atoms with Crippen LogP contribution < -0.4 is 5.32 Å². The molecule has 0 saturated heterocycles. The Hall–Kier alpha value is -0.290. The highest BCUT2D eigenvalue weighted by Gasteiger charge is 2.11. The second-order valence-corrected chi connectivity index (χ2v) is 5.41. The van der Waals surface area contributed by atoms with Crippen LogP contribution in [0.4, 0.5) is 5.69 Å². The van der Waals surface area contributed by atoms with Gasteiger partial charge < -0.3 is 10.4 Å². The van der Waals surface area contributed by atoms with E-state index in [2.05, 4.69) is 21.2 Å². The highest BCUT2D eigenvalue weighted by molar-refractivity contribution is 9.10. The van der Waals surface area contributed by atoms with E-state index in [0.717, 1.165) is 4.47 Å². The Morgan fingerprint density at radius 2 is 2.00 bits per heavy atom. The summed E-state index contributed by atoms with van der Waals surface area (Å²) in [6, 6.07) is 3.30. The molecule has 2 N–H and O–H groups in total. The monoisotopic (exact) mass is 339 g/mol. The van der Waals surface area contributed by atoms with Crippen molar-refractivity contribution in [2.24, 2.45) is 0 Å². The Morgan fingerprint density at radius 3 is 2.47 bits per heavy atom. The van der Waals surface area contributed by atoms with Crippen LogP contribution in [-0.2, 0) is 4.79 Å². The smallest absolute Gasteiger partial charge is 0.224 e. The minimum atomic E-state index is -0.503. The molecule has 1 aromatic carbocycles. The van der Waals surface area contributed by atoms with Crippen molar-refractivity contribution in [2.45, 2.75) is 25.9 Å². The number of carbonyl (C=O) groups excluding carboxylic acids is 1. The molecule has 0 spiro atoms. The molecule has 0 aliphatic heterocycles. The Morgan fingerprint density at radius 1 is 1.47 bits per heavy atom. The first-order valence-corrected chi connectivity index (χ1v) is 6.57. The Kier molecular flexibility index (Phi) is 5.73. The summed E-state index contributed by atoms with van der Waals surface area (Å²) in [5.74, 6) is -0.225. The highest BCUT2D eigenvalue weighted by Crippen LogP contribution is 2.33. The SMILES string of the molecule is CC(O)CCC(=O)Nc1c(Cl)cc(Br)cc1Cl. The van der Waals surface area contributed by atoms with Crippen LogP contribution in [0.5, 0.6) is 0 Å². The zero-order valence-corrected chi connectivity index (χ0v) is 12.2. The van der Waals surface area contributed by atoms with Crippen LogP contribution >= 0.6 is 39.1 Å². The average Bonchev–Trinajstić information content (AvgIpc) is 2.20. The van der Waals surface area contributed by atoms with Gasteiger partial charge in [0.25, 0.3) is 0 Å². The van der Waals surface area contributed by atoms with E-state index in [1.54, 1.807) is 19.1 Å². The lowest BCUT2D eigenvalue weighted by Crippen LogP contribution is -2.14. The van der Waals surface area contributed by atoms with Crippen molar-refractivity contribution in [3.8, 4) is 0 Å². The molecule has 0 aliphatic carbocycles. The summed E-state index contributed by atoms with van der Waals surface area (Å²) in [4.78, 5) is 11.6. The third kappa shape index (κ3) is 4.84. The summed E-state index contributed by atoms with van der Waals surface area (Å²) >= 11 is 15.2. The number of aliphatic hydroxyl groups is 1. The first-order valence-electron chi connectivity index (χ1n) is 5.02. The van der Waals surface area contributed by atoms with Crippen LogP contribution in [0.2, 0.25) is 10.0 Å². The molecule has 1 rings (SSSR count). The van der Waals surface area contributed by atoms with Crippen molar-refractivity contribution in [2.75, 3.05) is 5.32 Å². The molecule has 0 bridgehead atoms. The van der Waals surface area contributed by atoms with Crippen molar-refractivity contribution in [3.05, 3.63) is 26.7 Å². The van der Waals surface area contributed by atoms with Crippen LogP contribution in [0.25, 0.3) is 0 Å². The van der Waals surface area contributed by atoms with Gasteiger partial charge in [-0.25, -0.2) is 0 Å². The maximum atomic E-state index is 11.6. The van der Waals surface area contributed by atoms with Gasteiger partial charge in [-0.1, -0.05) is 39.1 Å². The third-order valence-corrected chi connectivity index (χ3v) is 3.11. The van der Waals surface area contributed by atoms with E-state index >= 15 is 0 Å². The third-order valence-electron chi connectivity index (χ3n) is 2.06. The van der Waals surface area contributed by atoms with Gasteiger partial charge in [-0.3, -0.25) is 4.79 Å². The van der Waals surface area contributed by atoms with Gasteiger partial charge in [-0.2, -0.15) is 0 Å². The highest BCUT2D eigenvalue weighted by atomic mass is 79.9. The van der Waals surface area contributed by atoms with Crippen LogP contribution in [0.15, 0.2) is 16.6 Å². The summed E-state index contributed by atoms with van der Waals surface area (Å²) in [6.07, 6.45) is 0.120. The van der Waals surface area contributed by atoms with E-state index in [1.807, 2.05) is 0 Å². The lowest BCUT2D eigenvalue weighted by molar-refractivity contribution is -0.116. The van der Waals surface area contributed by atoms with Gasteiger partial charge in [-0.05, 0) is 25.5 Å². The number of nitrogens with one attached hydrogen (secondary N) is 1. The largest absolute Gasteiger partial charge is 0.393 e. The van der Waals surface area contributed by atoms with E-state index in [0.29, 0.717) is 22.2 Å². The molecule has 0 radical (unpaired) electrons. The molecule has 0 fully saturated rings. The van der Waals surface area contributed by atoms with Gasteiger partial charge in [0.2, 0.25) is 5.91 Å². The Bertz CT molecular complexity index is 401. The molecule has 3 nitrogen and oxygen atoms in total. The number of aliphatic hydroxyl groups excluding tert-OH is 1. The van der Waals surface area contributed by atoms with Crippen molar-refractivity contribution in [3.63, 3.8) is 0 Å². The lowest BCUT2D eigenvalue weighted by atomic mass is 10.2. The zero-order chi connectivity index (χ0) is 13.0. The second kappa shape index (κ2) is 6.59. The number of anilines is 1. The maximum absolute atomic E-state index is 11.6. The van der Waals surface area contributed by atoms with E-state index in [4.69, 9.17) is 28.3 Å². The molecule has 1 atom stereocenters. The normalized spacial score (nSPS) is 12.3. The van der Waals surface area contributed by atoms with Crippen molar-refractivity contribution < 1.29 is 9.90 Å². The van der Waals surface area contributed by atoms with Gasteiger partial charge in [0.05, 0.1) is 21.8 Å². The topological polar surface area (TPSA) is 49.3 Å². The summed E-state index contributed by atoms with van der Waals surface area (Å²) < 4.78 is 0.745. The van der Waals surface area contributed by atoms with Crippen molar-refractivity contribution in [1.82, 2.24) is 0 Å². The van der Waals surface area contributed by atoms with E-state index in [-0.39, 0.29) is 12.3 Å². The molecule has 17 heavy (non-hydrogen) atoms. The quantitative estimate of drug-likeness (QED) is 0.874. The fourth-order valence-corrected chi connectivity index (χ4v) is 2.51. The predicted octanol–water partition coefficient (Wildman–Crippen LogP) is 3.86. The van der Waals surface area contributed by atoms with Crippen LogP contribution in [0, 0.1) is 0 Å². The predicted molar refractivity (Wildman–Crippen MR) is 73.7 cm³/mol. The molecule has 0 aromatic heterocycles. The van der Waals surface area contributed by atoms with Crippen LogP contribution in [0.3, 0.4) is 0 Å².